The van der Waals surface area contributed by atoms with Gasteiger partial charge in [0.05, 0.1) is 0 Å². The predicted octanol–water partition coefficient (Wildman–Crippen LogP) is 3.02. The van der Waals surface area contributed by atoms with Crippen molar-refractivity contribution in [3.63, 3.8) is 0 Å². The summed E-state index contributed by atoms with van der Waals surface area (Å²) in [5, 5.41) is 0. The molecule has 0 fully saturated rings. The third kappa shape index (κ3) is 9.74. The van der Waals surface area contributed by atoms with Gasteiger partial charge in [0.25, 0.3) is 0 Å². The van der Waals surface area contributed by atoms with Crippen LogP contribution in [0.1, 0.15) is 46.5 Å². The van der Waals surface area contributed by atoms with E-state index >= 15 is 0 Å². The Balaban J connectivity index is 3.26. The van der Waals surface area contributed by atoms with Crippen molar-refractivity contribution in [1.82, 2.24) is 0 Å². The van der Waals surface area contributed by atoms with Crippen molar-refractivity contribution in [2.45, 2.75) is 51.9 Å². The van der Waals surface area contributed by atoms with Crippen molar-refractivity contribution < 1.29 is 9.53 Å². The molecule has 3 heteroatoms. The molecule has 0 rings (SSSR count). The summed E-state index contributed by atoms with van der Waals surface area (Å²) >= 11 is 4.15. The predicted molar refractivity (Wildman–Crippen MR) is 57.8 cm³/mol. The molecule has 0 aliphatic heterocycles. The van der Waals surface area contributed by atoms with Gasteiger partial charge in [-0.3, -0.25) is 4.79 Å². The van der Waals surface area contributed by atoms with E-state index in [-0.39, 0.29) is 11.4 Å². The van der Waals surface area contributed by atoms with Gasteiger partial charge in [0.15, 0.2) is 0 Å². The van der Waals surface area contributed by atoms with Crippen molar-refractivity contribution in [1.29, 1.82) is 0 Å². The molecule has 0 aromatic carbocycles. The average molecular weight is 204 g/mol. The molecule has 0 radical (unpaired) electrons. The van der Waals surface area contributed by atoms with Crippen LogP contribution >= 0.6 is 12.6 Å². The first kappa shape index (κ1) is 12.8. The minimum Gasteiger partial charge on any atom is -0.452 e. The Hall–Kier alpha value is -0.180. The van der Waals surface area contributed by atoms with Crippen LogP contribution in [0.2, 0.25) is 0 Å². The quantitative estimate of drug-likeness (QED) is 0.311. The van der Waals surface area contributed by atoms with Gasteiger partial charge in [0, 0.05) is 6.92 Å². The van der Waals surface area contributed by atoms with Gasteiger partial charge in [0.1, 0.15) is 5.44 Å². The molecule has 0 N–H and O–H groups in total. The Morgan fingerprint density at radius 2 is 1.85 bits per heavy atom. The molecule has 0 heterocycles. The Morgan fingerprint density at radius 1 is 1.31 bits per heavy atom. The second kappa shape index (κ2) is 7.25. The number of unbranched alkanes of at least 4 members (excludes halogenated alkanes) is 1. The van der Waals surface area contributed by atoms with Crippen molar-refractivity contribution in [3.8, 4) is 0 Å². The summed E-state index contributed by atoms with van der Waals surface area (Å²) in [4.78, 5) is 10.5. The Kier molecular flexibility index (Phi) is 7.14. The van der Waals surface area contributed by atoms with Crippen LogP contribution in [0.5, 0.6) is 0 Å². The summed E-state index contributed by atoms with van der Waals surface area (Å²) in [6, 6.07) is 0. The van der Waals surface area contributed by atoms with Gasteiger partial charge in [-0.25, -0.2) is 0 Å². The molecule has 0 bridgehead atoms. The molecule has 0 aliphatic carbocycles. The third-order valence-corrected chi connectivity index (χ3v) is 2.15. The maximum absolute atomic E-state index is 10.5. The van der Waals surface area contributed by atoms with Gasteiger partial charge < -0.3 is 4.74 Å². The highest BCUT2D eigenvalue weighted by Crippen LogP contribution is 2.13. The van der Waals surface area contributed by atoms with Crippen molar-refractivity contribution >= 4 is 18.6 Å². The highest BCUT2D eigenvalue weighted by molar-refractivity contribution is 7.80. The van der Waals surface area contributed by atoms with Gasteiger partial charge in [-0.1, -0.05) is 26.7 Å². The lowest BCUT2D eigenvalue weighted by atomic mass is 10.1. The van der Waals surface area contributed by atoms with E-state index in [1.54, 1.807) is 0 Å². The standard InChI is InChI=1S/C10H20O2S/c1-8(2)6-4-5-7-10(13)12-9(3)11/h8,10,13H,4-7H2,1-3H3. The lowest BCUT2D eigenvalue weighted by Crippen LogP contribution is -2.09. The topological polar surface area (TPSA) is 26.3 Å². The van der Waals surface area contributed by atoms with Gasteiger partial charge in [0.2, 0.25) is 0 Å². The van der Waals surface area contributed by atoms with Crippen molar-refractivity contribution in [3.05, 3.63) is 0 Å². The minimum absolute atomic E-state index is 0.218. The van der Waals surface area contributed by atoms with Crippen LogP contribution in [-0.2, 0) is 9.53 Å². The van der Waals surface area contributed by atoms with Crippen LogP contribution in [0.3, 0.4) is 0 Å². The Morgan fingerprint density at radius 3 is 2.31 bits per heavy atom. The van der Waals surface area contributed by atoms with E-state index in [0.29, 0.717) is 0 Å². The number of carbonyl (C=O) groups is 1. The second-order valence-corrected chi connectivity index (χ2v) is 4.32. The normalized spacial score (nSPS) is 13.0. The average Bonchev–Trinajstić information content (AvgIpc) is 1.96. The minimum atomic E-state index is -0.246. The molecule has 0 saturated heterocycles. The number of thiol groups is 1. The maximum Gasteiger partial charge on any atom is 0.303 e. The van der Waals surface area contributed by atoms with Crippen molar-refractivity contribution in [2.24, 2.45) is 5.92 Å². The summed E-state index contributed by atoms with van der Waals surface area (Å²) in [5.41, 5.74) is -0.218. The summed E-state index contributed by atoms with van der Waals surface area (Å²) < 4.78 is 4.88. The van der Waals surface area contributed by atoms with Gasteiger partial charge >= 0.3 is 5.97 Å². The van der Waals surface area contributed by atoms with E-state index in [2.05, 4.69) is 26.5 Å². The van der Waals surface area contributed by atoms with Crippen LogP contribution in [0, 0.1) is 5.92 Å². The number of carbonyl (C=O) groups excluding carboxylic acids is 1. The Labute approximate surface area is 86.5 Å². The van der Waals surface area contributed by atoms with Crippen molar-refractivity contribution in [2.75, 3.05) is 0 Å². The zero-order valence-corrected chi connectivity index (χ0v) is 9.64. The number of rotatable bonds is 6. The third-order valence-electron chi connectivity index (χ3n) is 1.78. The summed E-state index contributed by atoms with van der Waals surface area (Å²) in [6.07, 6.45) is 4.37. The molecule has 1 atom stereocenters. The maximum atomic E-state index is 10.5. The second-order valence-electron chi connectivity index (χ2n) is 3.74. The fraction of sp³-hybridized carbons (Fsp3) is 0.900. The lowest BCUT2D eigenvalue weighted by Gasteiger charge is -2.10. The summed E-state index contributed by atoms with van der Waals surface area (Å²) in [6.45, 7) is 5.84. The number of hydrogen-bond acceptors (Lipinski definition) is 3. The van der Waals surface area contributed by atoms with Gasteiger partial charge in [-0.2, -0.15) is 0 Å². The molecule has 0 aromatic rings. The van der Waals surface area contributed by atoms with E-state index in [4.69, 9.17) is 4.74 Å². The van der Waals surface area contributed by atoms with E-state index in [1.165, 1.54) is 19.8 Å². The van der Waals surface area contributed by atoms with E-state index in [9.17, 15) is 4.79 Å². The van der Waals surface area contributed by atoms with Crippen LogP contribution < -0.4 is 0 Å². The van der Waals surface area contributed by atoms with Crippen LogP contribution in [0.15, 0.2) is 0 Å². The largest absolute Gasteiger partial charge is 0.452 e. The molecule has 0 spiro atoms. The SMILES string of the molecule is CC(=O)OC(S)CCCCC(C)C. The molecule has 0 aromatic heterocycles. The summed E-state index contributed by atoms with van der Waals surface area (Å²) in [5.74, 6) is 0.510. The van der Waals surface area contributed by atoms with Gasteiger partial charge in [-0.05, 0) is 18.8 Å². The lowest BCUT2D eigenvalue weighted by molar-refractivity contribution is -0.142. The molecule has 0 aliphatic rings. The zero-order chi connectivity index (χ0) is 10.3. The van der Waals surface area contributed by atoms with Crippen LogP contribution in [-0.4, -0.2) is 11.4 Å². The van der Waals surface area contributed by atoms with Crippen LogP contribution in [0.4, 0.5) is 0 Å². The Bertz CT molecular complexity index is 146. The first-order chi connectivity index (χ1) is 6.02. The highest BCUT2D eigenvalue weighted by atomic mass is 32.1. The van der Waals surface area contributed by atoms with Crippen LogP contribution in [0.25, 0.3) is 0 Å². The number of ether oxygens (including phenoxy) is 1. The monoisotopic (exact) mass is 204 g/mol. The summed E-state index contributed by atoms with van der Waals surface area (Å²) in [7, 11) is 0. The fourth-order valence-electron chi connectivity index (χ4n) is 1.12. The van der Waals surface area contributed by atoms with E-state index in [0.717, 1.165) is 18.8 Å². The molecule has 13 heavy (non-hydrogen) atoms. The first-order valence-corrected chi connectivity index (χ1v) is 5.39. The molecule has 0 saturated carbocycles. The van der Waals surface area contributed by atoms with Gasteiger partial charge in [-0.15, -0.1) is 12.6 Å². The zero-order valence-electron chi connectivity index (χ0n) is 8.75. The highest BCUT2D eigenvalue weighted by Gasteiger charge is 2.05. The molecular formula is C10H20O2S. The van der Waals surface area contributed by atoms with E-state index < -0.39 is 0 Å². The van der Waals surface area contributed by atoms with E-state index in [1.807, 2.05) is 0 Å². The molecule has 1 unspecified atom stereocenters. The molecule has 2 nitrogen and oxygen atoms in total. The number of esters is 1. The smallest absolute Gasteiger partial charge is 0.303 e. The number of hydrogen-bond donors (Lipinski definition) is 1. The first-order valence-electron chi connectivity index (χ1n) is 4.87. The molecular weight excluding hydrogens is 184 g/mol. The molecule has 78 valence electrons. The molecule has 0 amide bonds. The fourth-order valence-corrected chi connectivity index (χ4v) is 1.45.